The Hall–Kier alpha value is -1.39. The van der Waals surface area contributed by atoms with Gasteiger partial charge in [-0.25, -0.2) is 4.79 Å². The van der Waals surface area contributed by atoms with Crippen molar-refractivity contribution in [3.63, 3.8) is 0 Å². The van der Waals surface area contributed by atoms with Crippen molar-refractivity contribution < 1.29 is 14.4 Å². The second-order valence-corrected chi connectivity index (χ2v) is 5.04. The zero-order valence-electron chi connectivity index (χ0n) is 10.2. The summed E-state index contributed by atoms with van der Waals surface area (Å²) in [5, 5.41) is 4.51. The summed E-state index contributed by atoms with van der Waals surface area (Å²) in [4.78, 5) is 35.5. The molecular formula is C12H18N2O3. The standard InChI is InChI=1S/C12H18N2O3/c1-3-7(2)12(8-5-4-6-8)9(15)13-11(17)14-10(12)16/h7-8H,3-6H2,1-2H3,(H2,13,14,15,16,17). The fourth-order valence-corrected chi connectivity index (χ4v) is 2.95. The van der Waals surface area contributed by atoms with Gasteiger partial charge in [-0.1, -0.05) is 26.7 Å². The molecular weight excluding hydrogens is 220 g/mol. The molecule has 4 amide bonds. The third-order valence-corrected chi connectivity index (χ3v) is 4.34. The van der Waals surface area contributed by atoms with Gasteiger partial charge in [-0.3, -0.25) is 20.2 Å². The highest BCUT2D eigenvalue weighted by atomic mass is 16.2. The first-order valence-electron chi connectivity index (χ1n) is 6.20. The first-order chi connectivity index (χ1) is 8.03. The van der Waals surface area contributed by atoms with Crippen LogP contribution in [0.15, 0.2) is 0 Å². The van der Waals surface area contributed by atoms with Gasteiger partial charge in [0.15, 0.2) is 0 Å². The van der Waals surface area contributed by atoms with Gasteiger partial charge in [-0.05, 0) is 24.7 Å². The highest BCUT2D eigenvalue weighted by Crippen LogP contribution is 2.49. The van der Waals surface area contributed by atoms with Gasteiger partial charge in [0.1, 0.15) is 5.41 Å². The Bertz CT molecular complexity index is 347. The normalized spacial score (nSPS) is 25.9. The molecule has 1 saturated heterocycles. The maximum absolute atomic E-state index is 12.2. The third kappa shape index (κ3) is 1.56. The van der Waals surface area contributed by atoms with E-state index in [1.54, 1.807) is 0 Å². The largest absolute Gasteiger partial charge is 0.328 e. The molecule has 1 saturated carbocycles. The Morgan fingerprint density at radius 2 is 1.76 bits per heavy atom. The Morgan fingerprint density at radius 1 is 1.24 bits per heavy atom. The van der Waals surface area contributed by atoms with E-state index in [0.29, 0.717) is 0 Å². The molecule has 2 N–H and O–H groups in total. The van der Waals surface area contributed by atoms with Crippen molar-refractivity contribution in [1.82, 2.24) is 10.6 Å². The van der Waals surface area contributed by atoms with Crippen molar-refractivity contribution in [1.29, 1.82) is 0 Å². The van der Waals surface area contributed by atoms with Gasteiger partial charge < -0.3 is 0 Å². The lowest BCUT2D eigenvalue weighted by molar-refractivity contribution is -0.156. The number of carbonyl (C=O) groups is 3. The van der Waals surface area contributed by atoms with Crippen LogP contribution in [0.4, 0.5) is 4.79 Å². The van der Waals surface area contributed by atoms with Gasteiger partial charge >= 0.3 is 6.03 Å². The quantitative estimate of drug-likeness (QED) is 0.725. The van der Waals surface area contributed by atoms with E-state index in [9.17, 15) is 14.4 Å². The van der Waals surface area contributed by atoms with Gasteiger partial charge in [-0.2, -0.15) is 0 Å². The van der Waals surface area contributed by atoms with E-state index in [0.717, 1.165) is 25.7 Å². The molecule has 1 atom stereocenters. The number of carbonyl (C=O) groups excluding carboxylic acids is 3. The van der Waals surface area contributed by atoms with Crippen LogP contribution in [-0.2, 0) is 9.59 Å². The third-order valence-electron chi connectivity index (χ3n) is 4.34. The van der Waals surface area contributed by atoms with E-state index in [1.807, 2.05) is 13.8 Å². The van der Waals surface area contributed by atoms with Crippen molar-refractivity contribution >= 4 is 17.8 Å². The summed E-state index contributed by atoms with van der Waals surface area (Å²) >= 11 is 0. The number of imide groups is 2. The number of nitrogens with one attached hydrogen (secondary N) is 2. The van der Waals surface area contributed by atoms with Crippen LogP contribution < -0.4 is 10.6 Å². The van der Waals surface area contributed by atoms with E-state index in [4.69, 9.17) is 0 Å². The fourth-order valence-electron chi connectivity index (χ4n) is 2.95. The van der Waals surface area contributed by atoms with Crippen molar-refractivity contribution in [3.8, 4) is 0 Å². The zero-order valence-corrected chi connectivity index (χ0v) is 10.2. The first kappa shape index (κ1) is 12.1. The molecule has 5 nitrogen and oxygen atoms in total. The monoisotopic (exact) mass is 238 g/mol. The lowest BCUT2D eigenvalue weighted by Crippen LogP contribution is -2.67. The molecule has 0 bridgehead atoms. The average Bonchev–Trinajstić information content (AvgIpc) is 2.19. The molecule has 0 aromatic heterocycles. The molecule has 2 fully saturated rings. The maximum Gasteiger partial charge on any atom is 0.328 e. The summed E-state index contributed by atoms with van der Waals surface area (Å²) < 4.78 is 0. The number of hydrogen-bond donors (Lipinski definition) is 2. The van der Waals surface area contributed by atoms with Crippen molar-refractivity contribution in [3.05, 3.63) is 0 Å². The first-order valence-corrected chi connectivity index (χ1v) is 6.20. The van der Waals surface area contributed by atoms with Gasteiger partial charge in [0.25, 0.3) is 0 Å². The molecule has 1 aliphatic carbocycles. The molecule has 17 heavy (non-hydrogen) atoms. The summed E-state index contributed by atoms with van der Waals surface area (Å²) in [7, 11) is 0. The fraction of sp³-hybridized carbons (Fsp3) is 0.750. The molecule has 0 aromatic carbocycles. The zero-order chi connectivity index (χ0) is 12.6. The van der Waals surface area contributed by atoms with Crippen molar-refractivity contribution in [2.24, 2.45) is 17.3 Å². The Balaban J connectivity index is 2.40. The van der Waals surface area contributed by atoms with Gasteiger partial charge in [-0.15, -0.1) is 0 Å². The molecule has 0 spiro atoms. The van der Waals surface area contributed by atoms with Crippen LogP contribution in [0.2, 0.25) is 0 Å². The predicted octanol–water partition coefficient (Wildman–Crippen LogP) is 1.18. The number of rotatable bonds is 3. The maximum atomic E-state index is 12.2. The highest BCUT2D eigenvalue weighted by Gasteiger charge is 2.59. The molecule has 2 rings (SSSR count). The topological polar surface area (TPSA) is 75.3 Å². The van der Waals surface area contributed by atoms with E-state index >= 15 is 0 Å². The Kier molecular flexibility index (Phi) is 2.93. The number of hydrogen-bond acceptors (Lipinski definition) is 3. The summed E-state index contributed by atoms with van der Waals surface area (Å²) in [5.74, 6) is -0.804. The van der Waals surface area contributed by atoms with Crippen LogP contribution in [-0.4, -0.2) is 17.8 Å². The molecule has 1 heterocycles. The lowest BCUT2D eigenvalue weighted by atomic mass is 9.57. The summed E-state index contributed by atoms with van der Waals surface area (Å²) in [6.07, 6.45) is 3.57. The van der Waals surface area contributed by atoms with Gasteiger partial charge in [0.05, 0.1) is 0 Å². The van der Waals surface area contributed by atoms with Gasteiger partial charge in [0.2, 0.25) is 11.8 Å². The van der Waals surface area contributed by atoms with Crippen LogP contribution in [0.5, 0.6) is 0 Å². The molecule has 5 heteroatoms. The Labute approximate surface area is 100 Å². The summed E-state index contributed by atoms with van der Waals surface area (Å²) in [6, 6.07) is -0.696. The molecule has 2 aliphatic rings. The van der Waals surface area contributed by atoms with Crippen LogP contribution >= 0.6 is 0 Å². The van der Waals surface area contributed by atoms with E-state index in [1.165, 1.54) is 0 Å². The van der Waals surface area contributed by atoms with E-state index in [-0.39, 0.29) is 11.8 Å². The molecule has 94 valence electrons. The summed E-state index contributed by atoms with van der Waals surface area (Å²) in [5.41, 5.74) is -1.04. The Morgan fingerprint density at radius 3 is 2.12 bits per heavy atom. The molecule has 0 radical (unpaired) electrons. The minimum atomic E-state index is -1.04. The number of barbiturate groups is 1. The van der Waals surface area contributed by atoms with Gasteiger partial charge in [0, 0.05) is 0 Å². The van der Waals surface area contributed by atoms with E-state index < -0.39 is 23.3 Å². The smallest absolute Gasteiger partial charge is 0.277 e. The highest BCUT2D eigenvalue weighted by molar-refractivity contribution is 6.19. The second-order valence-electron chi connectivity index (χ2n) is 5.04. The van der Waals surface area contributed by atoms with E-state index in [2.05, 4.69) is 10.6 Å². The van der Waals surface area contributed by atoms with Crippen LogP contribution in [0.3, 0.4) is 0 Å². The minimum Gasteiger partial charge on any atom is -0.277 e. The average molecular weight is 238 g/mol. The number of amides is 4. The predicted molar refractivity (Wildman–Crippen MR) is 60.9 cm³/mol. The number of urea groups is 1. The van der Waals surface area contributed by atoms with Crippen molar-refractivity contribution in [2.75, 3.05) is 0 Å². The molecule has 1 unspecified atom stereocenters. The SMILES string of the molecule is CCC(C)C1(C2CCC2)C(=O)NC(=O)NC1=O. The molecule has 1 aliphatic heterocycles. The summed E-state index contributed by atoms with van der Waals surface area (Å²) in [6.45, 7) is 3.87. The lowest BCUT2D eigenvalue weighted by Gasteiger charge is -2.47. The van der Waals surface area contributed by atoms with Crippen LogP contribution in [0.25, 0.3) is 0 Å². The van der Waals surface area contributed by atoms with Crippen LogP contribution in [0, 0.1) is 17.3 Å². The second kappa shape index (κ2) is 4.13. The molecule has 0 aromatic rings. The van der Waals surface area contributed by atoms with Crippen molar-refractivity contribution in [2.45, 2.75) is 39.5 Å². The van der Waals surface area contributed by atoms with Crippen LogP contribution in [0.1, 0.15) is 39.5 Å². The minimum absolute atomic E-state index is 0.0547.